The molecule has 3 heteroatoms. The molecule has 3 aliphatic carbocycles. The molecule has 6 aromatic carbocycles. The molecule has 51 heavy (non-hydrogen) atoms. The van der Waals surface area contributed by atoms with Crippen LogP contribution in [-0.2, 0) is 17.3 Å². The van der Waals surface area contributed by atoms with E-state index in [-0.39, 0.29) is 10.8 Å². The lowest BCUT2D eigenvalue weighted by atomic mass is 9.73. The SMILES string of the molecule is CC1(C)c2ccccc2-c2cc3c4c(n(-c5ccc(N6c7ccccc7Oc7ccccc76)cc5)c3cc21)CC1C(=C4)c2ccccc2C1(C)C. The number of anilines is 3. The summed E-state index contributed by atoms with van der Waals surface area (Å²) >= 11 is 0. The maximum Gasteiger partial charge on any atom is 0.151 e. The molecular weight excluding hydrogens is 621 g/mol. The molecule has 11 rings (SSSR count). The zero-order chi connectivity index (χ0) is 34.2. The van der Waals surface area contributed by atoms with Gasteiger partial charge in [-0.3, -0.25) is 0 Å². The minimum absolute atomic E-state index is 0.0467. The van der Waals surface area contributed by atoms with Crippen molar-refractivity contribution in [1.82, 2.24) is 4.57 Å². The van der Waals surface area contributed by atoms with E-state index in [1.807, 2.05) is 24.3 Å². The standard InChI is InChI=1S/C48H38N2O/c1-47(2)37-15-7-5-13-31(37)33-25-35-36-26-34-32-14-6-8-16-38(32)48(3,4)40(34)28-44(36)50(43(35)27-39(33)47)30-23-21-29(22-24-30)49-41-17-9-11-19-45(41)51-46-20-12-10-18-42(46)49/h5-27,40H,28H2,1-4H3. The van der Waals surface area contributed by atoms with Gasteiger partial charge in [0.05, 0.1) is 16.9 Å². The van der Waals surface area contributed by atoms with Gasteiger partial charge in [0.2, 0.25) is 0 Å². The van der Waals surface area contributed by atoms with Gasteiger partial charge in [0.15, 0.2) is 11.5 Å². The number of benzene rings is 6. The Kier molecular flexibility index (Phi) is 5.64. The predicted octanol–water partition coefficient (Wildman–Crippen LogP) is 12.5. The van der Waals surface area contributed by atoms with Crippen molar-refractivity contribution in [2.45, 2.75) is 44.9 Å². The maximum atomic E-state index is 6.32. The summed E-state index contributed by atoms with van der Waals surface area (Å²) < 4.78 is 8.91. The van der Waals surface area contributed by atoms with E-state index in [0.29, 0.717) is 5.92 Å². The molecule has 1 atom stereocenters. The fourth-order valence-corrected chi connectivity index (χ4v) is 9.90. The third-order valence-corrected chi connectivity index (χ3v) is 12.5. The van der Waals surface area contributed by atoms with Crippen molar-refractivity contribution in [2.24, 2.45) is 5.92 Å². The van der Waals surface area contributed by atoms with Crippen molar-refractivity contribution in [1.29, 1.82) is 0 Å². The lowest BCUT2D eigenvalue weighted by Gasteiger charge is -2.33. The molecule has 1 aliphatic heterocycles. The van der Waals surface area contributed by atoms with Gasteiger partial charge >= 0.3 is 0 Å². The van der Waals surface area contributed by atoms with E-state index < -0.39 is 0 Å². The molecule has 0 N–H and O–H groups in total. The Labute approximate surface area is 299 Å². The number of hydrogen-bond donors (Lipinski definition) is 0. The van der Waals surface area contributed by atoms with Crippen molar-refractivity contribution in [3.8, 4) is 28.3 Å². The molecule has 246 valence electrons. The van der Waals surface area contributed by atoms with Crippen LogP contribution in [0.1, 0.15) is 61.2 Å². The number of aromatic nitrogens is 1. The summed E-state index contributed by atoms with van der Waals surface area (Å²) in [4.78, 5) is 2.32. The van der Waals surface area contributed by atoms with Crippen molar-refractivity contribution >= 4 is 39.6 Å². The Hall–Kier alpha value is -5.80. The van der Waals surface area contributed by atoms with Crippen LogP contribution in [0.2, 0.25) is 0 Å². The summed E-state index contributed by atoms with van der Waals surface area (Å²) in [5.74, 6) is 2.15. The molecule has 3 nitrogen and oxygen atoms in total. The van der Waals surface area contributed by atoms with E-state index >= 15 is 0 Å². The van der Waals surface area contributed by atoms with Crippen LogP contribution < -0.4 is 9.64 Å². The Balaban J connectivity index is 1.13. The van der Waals surface area contributed by atoms with E-state index in [2.05, 4.69) is 152 Å². The molecule has 1 unspecified atom stereocenters. The minimum Gasteiger partial charge on any atom is -0.453 e. The van der Waals surface area contributed by atoms with E-state index in [1.165, 1.54) is 66.8 Å². The molecule has 4 aliphatic rings. The third-order valence-electron chi connectivity index (χ3n) is 12.5. The molecule has 1 aromatic heterocycles. The van der Waals surface area contributed by atoms with Gasteiger partial charge in [0, 0.05) is 33.4 Å². The average Bonchev–Trinajstić information content (AvgIpc) is 3.68. The summed E-state index contributed by atoms with van der Waals surface area (Å²) in [5, 5.41) is 1.34. The van der Waals surface area contributed by atoms with Crippen molar-refractivity contribution in [3.63, 3.8) is 0 Å². The molecular formula is C48H38N2O. The van der Waals surface area contributed by atoms with E-state index in [9.17, 15) is 0 Å². The van der Waals surface area contributed by atoms with Crippen molar-refractivity contribution < 1.29 is 4.74 Å². The first-order chi connectivity index (χ1) is 24.8. The first kappa shape index (κ1) is 29.0. The van der Waals surface area contributed by atoms with Gasteiger partial charge < -0.3 is 14.2 Å². The number of fused-ring (bicyclic) bond motifs is 11. The summed E-state index contributed by atoms with van der Waals surface area (Å²) in [6, 6.07) is 48.9. The van der Waals surface area contributed by atoms with Crippen LogP contribution in [0.15, 0.2) is 133 Å². The fourth-order valence-electron chi connectivity index (χ4n) is 9.90. The highest BCUT2D eigenvalue weighted by Crippen LogP contribution is 2.57. The smallest absolute Gasteiger partial charge is 0.151 e. The number of allylic oxidation sites excluding steroid dienone is 1. The monoisotopic (exact) mass is 658 g/mol. The Morgan fingerprint density at radius 3 is 1.92 bits per heavy atom. The van der Waals surface area contributed by atoms with Crippen LogP contribution in [-0.4, -0.2) is 4.57 Å². The largest absolute Gasteiger partial charge is 0.453 e. The molecule has 0 saturated carbocycles. The second-order valence-corrected chi connectivity index (χ2v) is 15.8. The first-order valence-electron chi connectivity index (χ1n) is 18.2. The molecule has 7 aromatic rings. The molecule has 0 amide bonds. The van der Waals surface area contributed by atoms with Gasteiger partial charge in [-0.25, -0.2) is 0 Å². The number of ether oxygens (including phenoxy) is 1. The van der Waals surface area contributed by atoms with Crippen LogP contribution in [0.25, 0.3) is 39.4 Å². The third kappa shape index (κ3) is 3.79. The Bertz CT molecular complexity index is 2610. The number of nitrogens with zero attached hydrogens (tertiary/aromatic N) is 2. The highest BCUT2D eigenvalue weighted by molar-refractivity contribution is 6.04. The Morgan fingerprint density at radius 1 is 0.588 bits per heavy atom. The lowest BCUT2D eigenvalue weighted by Crippen LogP contribution is -2.27. The van der Waals surface area contributed by atoms with Gasteiger partial charge in [-0.2, -0.15) is 0 Å². The highest BCUT2D eigenvalue weighted by atomic mass is 16.5. The van der Waals surface area contributed by atoms with Crippen LogP contribution in [0, 0.1) is 5.92 Å². The first-order valence-corrected chi connectivity index (χ1v) is 18.2. The van der Waals surface area contributed by atoms with Crippen LogP contribution in [0.5, 0.6) is 11.5 Å². The molecule has 0 saturated heterocycles. The van der Waals surface area contributed by atoms with Crippen LogP contribution in [0.4, 0.5) is 17.1 Å². The minimum atomic E-state index is -0.0768. The van der Waals surface area contributed by atoms with Crippen LogP contribution in [0.3, 0.4) is 0 Å². The second kappa shape index (κ2) is 9.92. The van der Waals surface area contributed by atoms with Gasteiger partial charge in [-0.05, 0) is 123 Å². The van der Waals surface area contributed by atoms with E-state index in [4.69, 9.17) is 4.74 Å². The van der Waals surface area contributed by atoms with E-state index in [0.717, 1.165) is 35.0 Å². The average molecular weight is 659 g/mol. The lowest BCUT2D eigenvalue weighted by molar-refractivity contribution is 0.405. The topological polar surface area (TPSA) is 17.4 Å². The number of hydrogen-bond acceptors (Lipinski definition) is 2. The molecule has 0 fully saturated rings. The zero-order valence-corrected chi connectivity index (χ0v) is 29.4. The van der Waals surface area contributed by atoms with Gasteiger partial charge in [0.1, 0.15) is 0 Å². The molecule has 0 radical (unpaired) electrons. The molecule has 0 bridgehead atoms. The predicted molar refractivity (Wildman–Crippen MR) is 210 cm³/mol. The number of rotatable bonds is 2. The molecule has 2 heterocycles. The van der Waals surface area contributed by atoms with Gasteiger partial charge in [0.25, 0.3) is 0 Å². The second-order valence-electron chi connectivity index (χ2n) is 15.8. The summed E-state index contributed by atoms with van der Waals surface area (Å²) in [6.45, 7) is 9.65. The highest BCUT2D eigenvalue weighted by Gasteiger charge is 2.46. The zero-order valence-electron chi connectivity index (χ0n) is 29.4. The van der Waals surface area contributed by atoms with E-state index in [1.54, 1.807) is 0 Å². The van der Waals surface area contributed by atoms with Crippen LogP contribution >= 0.6 is 0 Å². The van der Waals surface area contributed by atoms with Crippen molar-refractivity contribution in [3.05, 3.63) is 167 Å². The fraction of sp³-hybridized carbons (Fsp3) is 0.167. The van der Waals surface area contributed by atoms with Gasteiger partial charge in [-0.1, -0.05) is 100 Å². The van der Waals surface area contributed by atoms with Crippen molar-refractivity contribution in [2.75, 3.05) is 4.90 Å². The quantitative estimate of drug-likeness (QED) is 0.184. The maximum absolute atomic E-state index is 6.32. The normalized spacial score (nSPS) is 18.1. The summed E-state index contributed by atoms with van der Waals surface area (Å²) in [7, 11) is 0. The molecule has 0 spiro atoms. The van der Waals surface area contributed by atoms with Gasteiger partial charge in [-0.15, -0.1) is 0 Å². The number of para-hydroxylation sites is 4. The summed E-state index contributed by atoms with van der Waals surface area (Å²) in [5.41, 5.74) is 18.4. The Morgan fingerprint density at radius 2 is 1.20 bits per heavy atom. The summed E-state index contributed by atoms with van der Waals surface area (Å²) in [6.07, 6.45) is 3.54.